The van der Waals surface area contributed by atoms with Gasteiger partial charge in [-0.3, -0.25) is 19.2 Å². The quantitative estimate of drug-likeness (QED) is 0.429. The summed E-state index contributed by atoms with van der Waals surface area (Å²) in [5, 5.41) is 14.2. The van der Waals surface area contributed by atoms with Crippen LogP contribution in [0.15, 0.2) is 18.3 Å². The molecule has 1 saturated heterocycles. The van der Waals surface area contributed by atoms with Gasteiger partial charge in [-0.25, -0.2) is 13.8 Å². The normalized spacial score (nSPS) is 25.8. The minimum absolute atomic E-state index is 0.0140. The largest absolute Gasteiger partial charge is 0.471 e. The number of hydrogen-bond acceptors (Lipinski definition) is 7. The van der Waals surface area contributed by atoms with Gasteiger partial charge >= 0.3 is 12.1 Å². The predicted molar refractivity (Wildman–Crippen MR) is 136 cm³/mol. The molecule has 4 atom stereocenters. The number of aromatic nitrogens is 1. The molecule has 4 unspecified atom stereocenters. The fraction of sp³-hybridized carbons (Fsp3) is 0.630. The van der Waals surface area contributed by atoms with Gasteiger partial charge in [0.25, 0.3) is 5.91 Å². The number of nitriles is 1. The Kier molecular flexibility index (Phi) is 7.72. The number of rotatable bonds is 8. The Morgan fingerprint density at radius 2 is 1.93 bits per heavy atom. The van der Waals surface area contributed by atoms with Gasteiger partial charge in [-0.05, 0) is 36.8 Å². The zero-order chi connectivity index (χ0) is 31.3. The van der Waals surface area contributed by atoms with Gasteiger partial charge in [0.15, 0.2) is 0 Å². The van der Waals surface area contributed by atoms with Crippen LogP contribution in [0.1, 0.15) is 44.9 Å². The van der Waals surface area contributed by atoms with Gasteiger partial charge in [-0.2, -0.15) is 18.4 Å². The first-order chi connectivity index (χ1) is 20.1. The third-order valence-corrected chi connectivity index (χ3v) is 8.44. The SMILES string of the molecule is CN(C(=O)C(CC1CC(F)(F)C1)NC(=O)C(F)(F)F)C(CC1CC1)C(=O)N1CC2(CC1C#N)Oc1ncccc1NC2=O. The molecule has 2 aliphatic heterocycles. The molecule has 1 aromatic heterocycles. The van der Waals surface area contributed by atoms with E-state index in [1.807, 2.05) is 6.07 Å². The van der Waals surface area contributed by atoms with Crippen LogP contribution in [-0.2, 0) is 19.2 Å². The molecule has 2 N–H and O–H groups in total. The zero-order valence-electron chi connectivity index (χ0n) is 23.0. The minimum atomic E-state index is -5.33. The van der Waals surface area contributed by atoms with E-state index in [9.17, 15) is 46.4 Å². The second-order valence-electron chi connectivity index (χ2n) is 11.8. The highest BCUT2D eigenvalue weighted by Crippen LogP contribution is 2.45. The van der Waals surface area contributed by atoms with Crippen molar-refractivity contribution < 1.29 is 45.9 Å². The summed E-state index contributed by atoms with van der Waals surface area (Å²) in [6.07, 6.45) is -4.28. The Morgan fingerprint density at radius 3 is 2.53 bits per heavy atom. The van der Waals surface area contributed by atoms with Crippen LogP contribution in [0.2, 0.25) is 0 Å². The van der Waals surface area contributed by atoms with Crippen molar-refractivity contribution in [3.8, 4) is 11.9 Å². The van der Waals surface area contributed by atoms with Crippen LogP contribution in [0.3, 0.4) is 0 Å². The van der Waals surface area contributed by atoms with E-state index < -0.39 is 84.6 Å². The average molecular weight is 613 g/mol. The summed E-state index contributed by atoms with van der Waals surface area (Å²) in [6, 6.07) is 0.903. The minimum Gasteiger partial charge on any atom is -0.457 e. The van der Waals surface area contributed by atoms with Crippen LogP contribution in [0.25, 0.3) is 0 Å². The summed E-state index contributed by atoms with van der Waals surface area (Å²) in [6.45, 7) is -0.361. The number of likely N-dealkylation sites (tertiary alicyclic amines) is 1. The van der Waals surface area contributed by atoms with Crippen molar-refractivity contribution in [3.05, 3.63) is 18.3 Å². The molecule has 4 amide bonds. The first kappa shape index (κ1) is 30.4. The number of ether oxygens (including phenoxy) is 1. The van der Waals surface area contributed by atoms with Crippen molar-refractivity contribution in [1.29, 1.82) is 5.26 Å². The fourth-order valence-electron chi connectivity index (χ4n) is 5.92. The molecule has 11 nitrogen and oxygen atoms in total. The number of fused-ring (bicyclic) bond motifs is 1. The van der Waals surface area contributed by atoms with Crippen molar-refractivity contribution in [1.82, 2.24) is 20.1 Å². The van der Waals surface area contributed by atoms with Gasteiger partial charge in [-0.15, -0.1) is 0 Å². The van der Waals surface area contributed by atoms with Gasteiger partial charge in [-0.1, -0.05) is 12.8 Å². The molecular formula is C27H29F5N6O5. The maximum atomic E-state index is 14.0. The van der Waals surface area contributed by atoms with E-state index in [1.165, 1.54) is 13.2 Å². The van der Waals surface area contributed by atoms with E-state index in [1.54, 1.807) is 17.4 Å². The third-order valence-electron chi connectivity index (χ3n) is 8.44. The molecule has 2 saturated carbocycles. The Balaban J connectivity index is 1.37. The molecule has 1 aromatic rings. The van der Waals surface area contributed by atoms with E-state index >= 15 is 0 Å². The van der Waals surface area contributed by atoms with Crippen molar-refractivity contribution in [2.45, 2.75) is 80.8 Å². The second kappa shape index (κ2) is 10.9. The second-order valence-corrected chi connectivity index (χ2v) is 11.8. The Bertz CT molecular complexity index is 1360. The number of amides is 4. The maximum Gasteiger partial charge on any atom is 0.471 e. The highest BCUT2D eigenvalue weighted by molar-refractivity contribution is 6.02. The van der Waals surface area contributed by atoms with E-state index in [2.05, 4.69) is 10.3 Å². The molecule has 43 heavy (non-hydrogen) atoms. The van der Waals surface area contributed by atoms with Gasteiger partial charge in [0.05, 0.1) is 12.6 Å². The first-order valence-corrected chi connectivity index (χ1v) is 13.8. The summed E-state index contributed by atoms with van der Waals surface area (Å²) >= 11 is 0. The molecule has 4 aliphatic rings. The smallest absolute Gasteiger partial charge is 0.457 e. The summed E-state index contributed by atoms with van der Waals surface area (Å²) in [4.78, 5) is 58.5. The van der Waals surface area contributed by atoms with Crippen molar-refractivity contribution in [3.63, 3.8) is 0 Å². The lowest BCUT2D eigenvalue weighted by molar-refractivity contribution is -0.176. The summed E-state index contributed by atoms with van der Waals surface area (Å²) < 4.78 is 72.1. The molecule has 16 heteroatoms. The standard InChI is InChI=1S/C27H29F5N6O5/c1-37(21(39)18(36-24(42)27(30,31)32)7-15-9-26(28,29)10-15)19(8-14-4-5-14)22(40)38-13-25(11-16(38)12-33)23(41)35-17-3-2-6-34-20(17)43-25/h2-3,6,14-16,18-19H,4-5,7-11,13H2,1H3,(H,35,41)(H,36,42). The van der Waals surface area contributed by atoms with Crippen LogP contribution in [-0.4, -0.2) is 87.8 Å². The lowest BCUT2D eigenvalue weighted by Gasteiger charge is -2.39. The molecule has 5 rings (SSSR count). The molecule has 232 valence electrons. The number of halogens is 5. The Morgan fingerprint density at radius 1 is 1.23 bits per heavy atom. The number of alkyl halides is 5. The number of pyridine rings is 1. The highest BCUT2D eigenvalue weighted by atomic mass is 19.4. The van der Waals surface area contributed by atoms with Crippen molar-refractivity contribution in [2.24, 2.45) is 11.8 Å². The molecule has 3 fully saturated rings. The Hall–Kier alpha value is -4.03. The zero-order valence-corrected chi connectivity index (χ0v) is 23.0. The first-order valence-electron chi connectivity index (χ1n) is 13.8. The van der Waals surface area contributed by atoms with Gasteiger partial charge in [0, 0.05) is 32.5 Å². The fourth-order valence-corrected chi connectivity index (χ4v) is 5.92. The lowest BCUT2D eigenvalue weighted by atomic mass is 9.77. The number of carbonyl (C=O) groups excluding carboxylic acids is 4. The van der Waals surface area contributed by atoms with Crippen molar-refractivity contribution in [2.75, 3.05) is 18.9 Å². The average Bonchev–Trinajstić information content (AvgIpc) is 3.67. The molecule has 0 aromatic carbocycles. The van der Waals surface area contributed by atoms with Crippen LogP contribution in [0.4, 0.5) is 27.6 Å². The van der Waals surface area contributed by atoms with E-state index in [-0.39, 0.29) is 31.2 Å². The molecule has 1 spiro atoms. The number of nitrogens with one attached hydrogen (secondary N) is 2. The highest BCUT2D eigenvalue weighted by Gasteiger charge is 2.57. The number of hydrogen-bond donors (Lipinski definition) is 2. The molecule has 2 aliphatic carbocycles. The monoisotopic (exact) mass is 612 g/mol. The van der Waals surface area contributed by atoms with Crippen LogP contribution in [0.5, 0.6) is 5.88 Å². The third kappa shape index (κ3) is 6.21. The van der Waals surface area contributed by atoms with Gasteiger partial charge in [0.1, 0.15) is 23.8 Å². The summed E-state index contributed by atoms with van der Waals surface area (Å²) in [5.41, 5.74) is -1.34. The summed E-state index contributed by atoms with van der Waals surface area (Å²) in [7, 11) is 1.19. The van der Waals surface area contributed by atoms with E-state index in [4.69, 9.17) is 4.74 Å². The number of nitrogens with zero attached hydrogens (tertiary/aromatic N) is 4. The van der Waals surface area contributed by atoms with Gasteiger partial charge in [0.2, 0.25) is 29.2 Å². The van der Waals surface area contributed by atoms with Crippen molar-refractivity contribution >= 4 is 29.3 Å². The topological polar surface area (TPSA) is 145 Å². The molecule has 0 radical (unpaired) electrons. The molecular weight excluding hydrogens is 583 g/mol. The number of carbonyl (C=O) groups is 4. The van der Waals surface area contributed by atoms with Crippen LogP contribution < -0.4 is 15.4 Å². The maximum absolute atomic E-state index is 14.0. The van der Waals surface area contributed by atoms with E-state index in [0.29, 0.717) is 5.69 Å². The predicted octanol–water partition coefficient (Wildman–Crippen LogP) is 2.39. The van der Waals surface area contributed by atoms with Crippen LogP contribution >= 0.6 is 0 Å². The van der Waals surface area contributed by atoms with Crippen LogP contribution in [0, 0.1) is 23.2 Å². The van der Waals surface area contributed by atoms with Gasteiger partial charge < -0.3 is 25.2 Å². The Labute approximate surface area is 242 Å². The van der Waals surface area contributed by atoms with E-state index in [0.717, 1.165) is 22.6 Å². The molecule has 3 heterocycles. The number of anilines is 1. The number of likely N-dealkylation sites (N-methyl/N-ethyl adjacent to an activating group) is 1. The molecule has 0 bridgehead atoms. The lowest BCUT2D eigenvalue weighted by Crippen LogP contribution is -2.58. The summed E-state index contributed by atoms with van der Waals surface area (Å²) in [5.74, 6) is -8.51.